The zero-order valence-corrected chi connectivity index (χ0v) is 13.2. The largest absolute Gasteiger partial charge is 0.246 e. The average Bonchev–Trinajstić information content (AvgIpc) is 2.52. The molecule has 2 aromatic rings. The minimum atomic E-state index is 0.632. The van der Waals surface area contributed by atoms with E-state index in [0.29, 0.717) is 5.02 Å². The van der Waals surface area contributed by atoms with Crippen molar-refractivity contribution < 1.29 is 0 Å². The predicted molar refractivity (Wildman–Crippen MR) is 89.5 cm³/mol. The van der Waals surface area contributed by atoms with Crippen molar-refractivity contribution in [1.82, 2.24) is 4.98 Å². The zero-order chi connectivity index (χ0) is 14.9. The van der Waals surface area contributed by atoms with Gasteiger partial charge in [-0.2, -0.15) is 0 Å². The van der Waals surface area contributed by atoms with Gasteiger partial charge in [-0.25, -0.2) is 4.98 Å². The highest BCUT2D eigenvalue weighted by molar-refractivity contribution is 6.30. The van der Waals surface area contributed by atoms with E-state index < -0.39 is 0 Å². The minimum absolute atomic E-state index is 0.632. The summed E-state index contributed by atoms with van der Waals surface area (Å²) < 4.78 is 0. The number of aryl methyl sites for hydroxylation is 1. The van der Waals surface area contributed by atoms with Crippen molar-refractivity contribution >= 4 is 11.6 Å². The van der Waals surface area contributed by atoms with Gasteiger partial charge in [0, 0.05) is 11.8 Å². The smallest absolute Gasteiger partial charge is 0.113 e. The van der Waals surface area contributed by atoms with Crippen LogP contribution in [-0.4, -0.2) is 4.98 Å². The molecule has 0 amide bonds. The van der Waals surface area contributed by atoms with Gasteiger partial charge in [0.05, 0.1) is 5.02 Å². The maximum Gasteiger partial charge on any atom is 0.113 e. The molecule has 108 valence electrons. The highest BCUT2D eigenvalue weighted by Crippen LogP contribution is 2.10. The summed E-state index contributed by atoms with van der Waals surface area (Å²) in [5.41, 5.74) is 3.15. The van der Waals surface area contributed by atoms with Crippen LogP contribution in [0.4, 0.5) is 0 Å². The van der Waals surface area contributed by atoms with Gasteiger partial charge in [-0.05, 0) is 48.6 Å². The first-order chi connectivity index (χ1) is 10.3. The van der Waals surface area contributed by atoms with Crippen molar-refractivity contribution in [1.29, 1.82) is 0 Å². The molecule has 2 heteroatoms. The van der Waals surface area contributed by atoms with Gasteiger partial charge in [-0.1, -0.05) is 55.8 Å². The van der Waals surface area contributed by atoms with E-state index >= 15 is 0 Å². The third-order valence-electron chi connectivity index (χ3n) is 3.34. The molecule has 1 heterocycles. The van der Waals surface area contributed by atoms with Gasteiger partial charge in [-0.3, -0.25) is 0 Å². The van der Waals surface area contributed by atoms with E-state index in [1.807, 2.05) is 6.07 Å². The average molecular weight is 298 g/mol. The quantitative estimate of drug-likeness (QED) is 0.542. The Morgan fingerprint density at radius 1 is 0.952 bits per heavy atom. The fraction of sp³-hybridized carbons (Fsp3) is 0.316. The summed E-state index contributed by atoms with van der Waals surface area (Å²) in [5, 5.41) is 0.632. The summed E-state index contributed by atoms with van der Waals surface area (Å²) in [4.78, 5) is 4.16. The lowest BCUT2D eigenvalue weighted by Gasteiger charge is -2.01. The van der Waals surface area contributed by atoms with Gasteiger partial charge in [0.25, 0.3) is 0 Å². The van der Waals surface area contributed by atoms with Crippen LogP contribution in [0.2, 0.25) is 5.02 Å². The van der Waals surface area contributed by atoms with Gasteiger partial charge in [-0.15, -0.1) is 0 Å². The zero-order valence-electron chi connectivity index (χ0n) is 12.4. The van der Waals surface area contributed by atoms with E-state index in [2.05, 4.69) is 48.0 Å². The normalized spacial score (nSPS) is 10.0. The first-order valence-electron chi connectivity index (χ1n) is 7.50. The second-order valence-corrected chi connectivity index (χ2v) is 5.56. The molecule has 0 spiro atoms. The molecule has 1 aromatic carbocycles. The molecular weight excluding hydrogens is 278 g/mol. The molecule has 0 radical (unpaired) electrons. The van der Waals surface area contributed by atoms with Crippen molar-refractivity contribution in [2.75, 3.05) is 0 Å². The summed E-state index contributed by atoms with van der Waals surface area (Å²) in [7, 11) is 0. The lowest BCUT2D eigenvalue weighted by Crippen LogP contribution is -1.86. The molecule has 1 aromatic heterocycles. The van der Waals surface area contributed by atoms with E-state index in [1.165, 1.54) is 31.2 Å². The van der Waals surface area contributed by atoms with Crippen LogP contribution in [0.15, 0.2) is 42.6 Å². The van der Waals surface area contributed by atoms with Gasteiger partial charge >= 0.3 is 0 Å². The lowest BCUT2D eigenvalue weighted by molar-refractivity contribution is 0.667. The predicted octanol–water partition coefficient (Wildman–Crippen LogP) is 5.26. The number of unbranched alkanes of at least 4 members (excludes halogenated alkanes) is 3. The fourth-order valence-electron chi connectivity index (χ4n) is 2.10. The highest BCUT2D eigenvalue weighted by Gasteiger charge is 1.94. The molecule has 0 bridgehead atoms. The summed E-state index contributed by atoms with van der Waals surface area (Å²) in [6.45, 7) is 2.24. The Hall–Kier alpha value is -1.78. The minimum Gasteiger partial charge on any atom is -0.246 e. The molecule has 0 aliphatic heterocycles. The molecule has 2 rings (SSSR count). The van der Waals surface area contributed by atoms with E-state index in [0.717, 1.165) is 17.7 Å². The molecule has 0 aliphatic carbocycles. The standard InChI is InChI=1S/C19H20ClN/c1-2-3-4-5-6-16-7-9-17(10-8-16)11-13-19-14-12-18(20)15-21-19/h7-10,12,14-15H,2-6H2,1H3. The number of aromatic nitrogens is 1. The van der Waals surface area contributed by atoms with Gasteiger partial charge in [0.1, 0.15) is 5.69 Å². The second-order valence-electron chi connectivity index (χ2n) is 5.12. The topological polar surface area (TPSA) is 12.9 Å². The van der Waals surface area contributed by atoms with Crippen LogP contribution in [0.25, 0.3) is 0 Å². The number of hydrogen-bond donors (Lipinski definition) is 0. The third-order valence-corrected chi connectivity index (χ3v) is 3.56. The Morgan fingerprint density at radius 3 is 2.43 bits per heavy atom. The Morgan fingerprint density at radius 2 is 1.76 bits per heavy atom. The molecule has 0 aliphatic rings. The van der Waals surface area contributed by atoms with E-state index in [1.54, 1.807) is 12.3 Å². The number of benzene rings is 1. The van der Waals surface area contributed by atoms with Gasteiger partial charge in [0.15, 0.2) is 0 Å². The van der Waals surface area contributed by atoms with Crippen molar-refractivity contribution in [2.45, 2.75) is 39.0 Å². The Bertz CT molecular complexity index is 603. The van der Waals surface area contributed by atoms with Crippen LogP contribution in [0.1, 0.15) is 49.4 Å². The first kappa shape index (κ1) is 15.6. The SMILES string of the molecule is CCCCCCc1ccc(C#Cc2ccc(Cl)cn2)cc1. The highest BCUT2D eigenvalue weighted by atomic mass is 35.5. The molecule has 21 heavy (non-hydrogen) atoms. The summed E-state index contributed by atoms with van der Waals surface area (Å²) in [6, 6.07) is 12.1. The van der Waals surface area contributed by atoms with Crippen LogP contribution in [-0.2, 0) is 6.42 Å². The van der Waals surface area contributed by atoms with Crippen LogP contribution < -0.4 is 0 Å². The Balaban J connectivity index is 1.92. The summed E-state index contributed by atoms with van der Waals surface area (Å²) in [5.74, 6) is 6.18. The van der Waals surface area contributed by atoms with Crippen molar-refractivity contribution in [3.05, 3.63) is 64.4 Å². The summed E-state index contributed by atoms with van der Waals surface area (Å²) >= 11 is 5.80. The number of nitrogens with zero attached hydrogens (tertiary/aromatic N) is 1. The molecular formula is C19H20ClN. The molecule has 0 fully saturated rings. The number of rotatable bonds is 5. The maximum atomic E-state index is 5.80. The van der Waals surface area contributed by atoms with Gasteiger partial charge < -0.3 is 0 Å². The van der Waals surface area contributed by atoms with Gasteiger partial charge in [0.2, 0.25) is 0 Å². The van der Waals surface area contributed by atoms with Crippen LogP contribution in [0.5, 0.6) is 0 Å². The van der Waals surface area contributed by atoms with Crippen molar-refractivity contribution in [2.24, 2.45) is 0 Å². The first-order valence-corrected chi connectivity index (χ1v) is 7.88. The van der Waals surface area contributed by atoms with Crippen molar-refractivity contribution in [3.63, 3.8) is 0 Å². The third kappa shape index (κ3) is 5.61. The van der Waals surface area contributed by atoms with Crippen LogP contribution in [0, 0.1) is 11.8 Å². The molecule has 1 nitrogen and oxygen atoms in total. The van der Waals surface area contributed by atoms with Crippen molar-refractivity contribution in [3.8, 4) is 11.8 Å². The lowest BCUT2D eigenvalue weighted by atomic mass is 10.0. The second kappa shape index (κ2) is 8.49. The van der Waals surface area contributed by atoms with Crippen LogP contribution >= 0.6 is 11.6 Å². The molecule has 0 saturated carbocycles. The Kier molecular flexibility index (Phi) is 6.31. The number of pyridine rings is 1. The number of hydrogen-bond acceptors (Lipinski definition) is 1. The van der Waals surface area contributed by atoms with E-state index in [9.17, 15) is 0 Å². The maximum absolute atomic E-state index is 5.80. The monoisotopic (exact) mass is 297 g/mol. The Labute approximate surface area is 132 Å². The van der Waals surface area contributed by atoms with E-state index in [4.69, 9.17) is 11.6 Å². The van der Waals surface area contributed by atoms with E-state index in [-0.39, 0.29) is 0 Å². The molecule has 0 saturated heterocycles. The molecule has 0 unspecified atom stereocenters. The molecule has 0 N–H and O–H groups in total. The fourth-order valence-corrected chi connectivity index (χ4v) is 2.21. The molecule has 0 atom stereocenters. The number of halogens is 1. The summed E-state index contributed by atoms with van der Waals surface area (Å²) in [6.07, 6.45) is 7.98. The van der Waals surface area contributed by atoms with Crippen LogP contribution in [0.3, 0.4) is 0 Å².